The van der Waals surface area contributed by atoms with Crippen molar-refractivity contribution in [2.45, 2.75) is 20.3 Å². The number of carbonyl (C=O) groups excluding carboxylic acids is 2. The second kappa shape index (κ2) is 11.0. The number of aryl methyl sites for hydroxylation is 2. The SMILES string of the molecule is Cc1ccc(Oc2cc(C(=O)Nc3ccc(C)cn3)cc3oc(C(=O)N4CCC4)cc23)cc1.O=S=O. The molecule has 1 saturated heterocycles. The molecule has 0 unspecified atom stereocenters. The fraction of sp³-hybridized carbons (Fsp3) is 0.192. The fourth-order valence-corrected chi connectivity index (χ4v) is 3.57. The third kappa shape index (κ3) is 5.66. The molecule has 9 nitrogen and oxygen atoms in total. The molecule has 0 atom stereocenters. The van der Waals surface area contributed by atoms with Crippen LogP contribution in [0.4, 0.5) is 5.82 Å². The molecular formula is C26H23N3O6S. The quantitative estimate of drug-likeness (QED) is 0.419. The van der Waals surface area contributed by atoms with Crippen molar-refractivity contribution < 1.29 is 27.2 Å². The van der Waals surface area contributed by atoms with Crippen molar-refractivity contribution in [1.82, 2.24) is 9.88 Å². The van der Waals surface area contributed by atoms with Gasteiger partial charge in [-0.2, -0.15) is 8.42 Å². The second-order valence-corrected chi connectivity index (χ2v) is 8.44. The predicted molar refractivity (Wildman–Crippen MR) is 134 cm³/mol. The van der Waals surface area contributed by atoms with Crippen LogP contribution in [0.25, 0.3) is 11.0 Å². The zero-order valence-electron chi connectivity index (χ0n) is 19.6. The van der Waals surface area contributed by atoms with Crippen LogP contribution in [0, 0.1) is 13.8 Å². The van der Waals surface area contributed by atoms with E-state index in [4.69, 9.17) is 17.6 Å². The summed E-state index contributed by atoms with van der Waals surface area (Å²) >= 11 is -0.750. The summed E-state index contributed by atoms with van der Waals surface area (Å²) in [4.78, 5) is 31.6. The van der Waals surface area contributed by atoms with E-state index in [-0.39, 0.29) is 17.6 Å². The molecule has 3 heterocycles. The van der Waals surface area contributed by atoms with Crippen LogP contribution in [0.3, 0.4) is 0 Å². The topological polar surface area (TPSA) is 119 Å². The number of anilines is 1. The van der Waals surface area contributed by atoms with Gasteiger partial charge in [0.15, 0.2) is 5.76 Å². The van der Waals surface area contributed by atoms with Crippen molar-refractivity contribution >= 4 is 40.2 Å². The van der Waals surface area contributed by atoms with Gasteiger partial charge in [0.2, 0.25) is 0 Å². The normalized spacial score (nSPS) is 12.2. The van der Waals surface area contributed by atoms with E-state index in [2.05, 4.69) is 10.3 Å². The van der Waals surface area contributed by atoms with Crippen LogP contribution in [-0.2, 0) is 11.6 Å². The second-order valence-electron chi connectivity index (χ2n) is 8.30. The van der Waals surface area contributed by atoms with Crippen molar-refractivity contribution in [3.05, 3.63) is 83.2 Å². The highest BCUT2D eigenvalue weighted by molar-refractivity contribution is 7.51. The van der Waals surface area contributed by atoms with Crippen LogP contribution in [-0.4, -0.2) is 43.2 Å². The molecule has 184 valence electrons. The molecule has 1 aliphatic heterocycles. The lowest BCUT2D eigenvalue weighted by atomic mass is 10.1. The Labute approximate surface area is 210 Å². The first-order chi connectivity index (χ1) is 17.4. The molecule has 0 bridgehead atoms. The molecule has 1 fully saturated rings. The number of nitrogens with one attached hydrogen (secondary N) is 1. The number of likely N-dealkylation sites (tertiary alicyclic amines) is 1. The van der Waals surface area contributed by atoms with Crippen LogP contribution in [0.15, 0.2) is 65.2 Å². The van der Waals surface area contributed by atoms with E-state index in [1.54, 1.807) is 35.4 Å². The molecule has 2 amide bonds. The highest BCUT2D eigenvalue weighted by Crippen LogP contribution is 2.35. The van der Waals surface area contributed by atoms with E-state index >= 15 is 0 Å². The number of amides is 2. The van der Waals surface area contributed by atoms with E-state index in [0.29, 0.717) is 33.8 Å². The zero-order chi connectivity index (χ0) is 25.7. The summed E-state index contributed by atoms with van der Waals surface area (Å²) in [6.07, 6.45) is 2.68. The third-order valence-electron chi connectivity index (χ3n) is 5.62. The number of hydrogen-bond donors (Lipinski definition) is 1. The lowest BCUT2D eigenvalue weighted by Gasteiger charge is -2.29. The highest BCUT2D eigenvalue weighted by Gasteiger charge is 2.26. The van der Waals surface area contributed by atoms with Crippen LogP contribution in [0.5, 0.6) is 11.5 Å². The van der Waals surface area contributed by atoms with Crippen LogP contribution >= 0.6 is 0 Å². The van der Waals surface area contributed by atoms with Gasteiger partial charge in [0.25, 0.3) is 11.8 Å². The minimum atomic E-state index is -0.750. The Bertz CT molecular complexity index is 1440. The third-order valence-corrected chi connectivity index (χ3v) is 5.62. The Kier molecular flexibility index (Phi) is 7.55. The Hall–Kier alpha value is -4.31. The summed E-state index contributed by atoms with van der Waals surface area (Å²) in [5, 5.41) is 3.42. The number of nitrogens with zero attached hydrogens (tertiary/aromatic N) is 2. The van der Waals surface area contributed by atoms with Crippen LogP contribution in [0.1, 0.15) is 38.5 Å². The first-order valence-corrected chi connectivity index (χ1v) is 11.8. The number of aromatic nitrogens is 1. The van der Waals surface area contributed by atoms with E-state index in [1.165, 1.54) is 0 Å². The molecule has 2 aromatic heterocycles. The molecule has 1 aliphatic rings. The predicted octanol–water partition coefficient (Wildman–Crippen LogP) is 4.66. The molecule has 1 N–H and O–H groups in total. The molecule has 5 rings (SSSR count). The van der Waals surface area contributed by atoms with E-state index in [1.807, 2.05) is 44.2 Å². The number of fused-ring (bicyclic) bond motifs is 1. The number of furan rings is 1. The number of carbonyl (C=O) groups is 2. The molecule has 2 aromatic carbocycles. The van der Waals surface area contributed by atoms with Gasteiger partial charge in [-0.25, -0.2) is 4.98 Å². The molecule has 0 spiro atoms. The van der Waals surface area contributed by atoms with Crippen molar-refractivity contribution in [3.8, 4) is 11.5 Å². The minimum Gasteiger partial charge on any atom is -0.457 e. The van der Waals surface area contributed by atoms with Gasteiger partial charge in [0.05, 0.1) is 5.39 Å². The maximum absolute atomic E-state index is 13.0. The van der Waals surface area contributed by atoms with Crippen LogP contribution < -0.4 is 10.1 Å². The first-order valence-electron chi connectivity index (χ1n) is 11.1. The van der Waals surface area contributed by atoms with Gasteiger partial charge in [-0.05, 0) is 56.2 Å². The number of rotatable bonds is 5. The molecule has 0 radical (unpaired) electrons. The average molecular weight is 506 g/mol. The molecule has 10 heteroatoms. The van der Waals surface area contributed by atoms with Gasteiger partial charge in [0, 0.05) is 30.9 Å². The monoisotopic (exact) mass is 505 g/mol. The van der Waals surface area contributed by atoms with Crippen molar-refractivity contribution in [3.63, 3.8) is 0 Å². The first kappa shape index (κ1) is 24.8. The minimum absolute atomic E-state index is 0.159. The Morgan fingerprint density at radius 3 is 2.31 bits per heavy atom. The van der Waals surface area contributed by atoms with Crippen LogP contribution in [0.2, 0.25) is 0 Å². The van der Waals surface area contributed by atoms with Crippen molar-refractivity contribution in [2.75, 3.05) is 18.4 Å². The maximum atomic E-state index is 13.0. The Morgan fingerprint density at radius 2 is 1.69 bits per heavy atom. The van der Waals surface area contributed by atoms with E-state index in [9.17, 15) is 9.59 Å². The lowest BCUT2D eigenvalue weighted by molar-refractivity contribution is 0.0621. The van der Waals surface area contributed by atoms with Crippen molar-refractivity contribution in [2.24, 2.45) is 0 Å². The number of benzene rings is 2. The molecule has 36 heavy (non-hydrogen) atoms. The number of ether oxygens (including phenoxy) is 1. The largest absolute Gasteiger partial charge is 0.457 e. The Morgan fingerprint density at radius 1 is 1.00 bits per heavy atom. The summed E-state index contributed by atoms with van der Waals surface area (Å²) in [6.45, 7) is 5.37. The van der Waals surface area contributed by atoms with Gasteiger partial charge >= 0.3 is 11.6 Å². The maximum Gasteiger partial charge on any atom is 0.335 e. The van der Waals surface area contributed by atoms with Crippen molar-refractivity contribution in [1.29, 1.82) is 0 Å². The van der Waals surface area contributed by atoms with Gasteiger partial charge in [-0.15, -0.1) is 0 Å². The fourth-order valence-electron chi connectivity index (χ4n) is 3.57. The summed E-state index contributed by atoms with van der Waals surface area (Å²) < 4.78 is 28.6. The number of pyridine rings is 1. The summed E-state index contributed by atoms with van der Waals surface area (Å²) in [5.74, 6) is 1.22. The summed E-state index contributed by atoms with van der Waals surface area (Å²) in [5.41, 5.74) is 2.85. The Balaban J connectivity index is 0.000000967. The average Bonchev–Trinajstić information content (AvgIpc) is 3.26. The molecular weight excluding hydrogens is 482 g/mol. The summed E-state index contributed by atoms with van der Waals surface area (Å²) in [7, 11) is 0. The van der Waals surface area contributed by atoms with Gasteiger partial charge < -0.3 is 19.4 Å². The molecule has 0 aliphatic carbocycles. The van der Waals surface area contributed by atoms with Gasteiger partial charge in [-0.1, -0.05) is 23.8 Å². The van der Waals surface area contributed by atoms with E-state index in [0.717, 1.165) is 30.6 Å². The molecule has 0 saturated carbocycles. The number of hydrogen-bond acceptors (Lipinski definition) is 7. The lowest BCUT2D eigenvalue weighted by Crippen LogP contribution is -2.41. The standard InChI is InChI=1S/C26H23N3O4.O2S/c1-16-4-7-19(8-5-16)32-21-12-18(25(30)28-24-9-6-17(2)15-27-24)13-22-20(21)14-23(33-22)26(31)29-10-3-11-29;1-3-2/h4-9,12-15H,3,10-11H2,1-2H3,(H,27,28,30);. The highest BCUT2D eigenvalue weighted by atomic mass is 32.1. The van der Waals surface area contributed by atoms with Gasteiger partial charge in [-0.3, -0.25) is 9.59 Å². The molecule has 4 aromatic rings. The summed E-state index contributed by atoms with van der Waals surface area (Å²) in [6, 6.07) is 16.2. The zero-order valence-corrected chi connectivity index (χ0v) is 20.5. The van der Waals surface area contributed by atoms with E-state index < -0.39 is 11.6 Å². The smallest absolute Gasteiger partial charge is 0.335 e. The van der Waals surface area contributed by atoms with Gasteiger partial charge in [0.1, 0.15) is 22.9 Å².